The number of aliphatic carboxylic acids is 1. The Balaban J connectivity index is 1.76. The Morgan fingerprint density at radius 3 is 2.38 bits per heavy atom. The van der Waals surface area contributed by atoms with Crippen molar-refractivity contribution in [3.63, 3.8) is 0 Å². The maximum atomic E-state index is 12.3. The fourth-order valence-electron chi connectivity index (χ4n) is 2.99. The van der Waals surface area contributed by atoms with Crippen LogP contribution in [0.5, 0.6) is 0 Å². The number of carbonyl (C=O) groups excluding carboxylic acids is 1. The number of amides is 1. The number of rotatable bonds is 4. The van der Waals surface area contributed by atoms with Crippen molar-refractivity contribution in [2.24, 2.45) is 11.8 Å². The van der Waals surface area contributed by atoms with Crippen LogP contribution in [0.1, 0.15) is 18.4 Å². The number of hydrogen-bond donors (Lipinski definition) is 2. The molecule has 124 valence electrons. The molecule has 0 aliphatic heterocycles. The molecule has 1 aliphatic rings. The average Bonchev–Trinajstić information content (AvgIpc) is 2.47. The first-order valence-corrected chi connectivity index (χ1v) is 8.24. The van der Waals surface area contributed by atoms with Crippen LogP contribution in [0.25, 0.3) is 11.1 Å². The van der Waals surface area contributed by atoms with E-state index in [1.807, 2.05) is 49.4 Å². The van der Waals surface area contributed by atoms with E-state index in [1.54, 1.807) is 0 Å². The molecular weight excluding hydrogens is 326 g/mol. The average molecular weight is 344 g/mol. The van der Waals surface area contributed by atoms with Crippen LogP contribution in [0.15, 0.2) is 42.5 Å². The Kier molecular flexibility index (Phi) is 4.58. The standard InChI is InChI=1S/C19H18ClNO3/c1-11-9-13(12-3-2-4-14(20)10-12)5-8-17(11)21-18(22)15-6-7-16(15)19(23)24/h2-5,8-10,15-16H,6-7H2,1H3,(H,21,22)(H,23,24). The van der Waals surface area contributed by atoms with E-state index in [4.69, 9.17) is 16.7 Å². The first kappa shape index (κ1) is 16.5. The molecule has 5 heteroatoms. The lowest BCUT2D eigenvalue weighted by Crippen LogP contribution is -2.41. The number of aryl methyl sites for hydroxylation is 1. The van der Waals surface area contributed by atoms with Crippen LogP contribution in [0, 0.1) is 18.8 Å². The second-order valence-corrected chi connectivity index (χ2v) is 6.59. The number of hydrogen-bond acceptors (Lipinski definition) is 2. The molecule has 1 saturated carbocycles. The van der Waals surface area contributed by atoms with E-state index < -0.39 is 17.8 Å². The van der Waals surface area contributed by atoms with Crippen LogP contribution in [-0.4, -0.2) is 17.0 Å². The van der Waals surface area contributed by atoms with Crippen LogP contribution in [-0.2, 0) is 9.59 Å². The summed E-state index contributed by atoms with van der Waals surface area (Å²) in [6.45, 7) is 1.92. The van der Waals surface area contributed by atoms with Crippen LogP contribution in [0.3, 0.4) is 0 Å². The van der Waals surface area contributed by atoms with Gasteiger partial charge in [-0.05, 0) is 60.7 Å². The number of halogens is 1. The van der Waals surface area contributed by atoms with Gasteiger partial charge in [0.25, 0.3) is 0 Å². The molecule has 0 bridgehead atoms. The van der Waals surface area contributed by atoms with Crippen LogP contribution in [0.4, 0.5) is 5.69 Å². The van der Waals surface area contributed by atoms with E-state index in [-0.39, 0.29) is 5.91 Å². The monoisotopic (exact) mass is 343 g/mol. The Labute approximate surface area is 145 Å². The Hall–Kier alpha value is -2.33. The van der Waals surface area contributed by atoms with Crippen LogP contribution < -0.4 is 5.32 Å². The number of benzene rings is 2. The van der Waals surface area contributed by atoms with Gasteiger partial charge in [-0.3, -0.25) is 9.59 Å². The van der Waals surface area contributed by atoms with E-state index in [2.05, 4.69) is 5.32 Å². The molecule has 3 rings (SSSR count). The Morgan fingerprint density at radius 1 is 1.08 bits per heavy atom. The quantitative estimate of drug-likeness (QED) is 0.866. The summed E-state index contributed by atoms with van der Waals surface area (Å²) in [5.74, 6) is -2.10. The van der Waals surface area contributed by atoms with E-state index in [1.165, 1.54) is 0 Å². The van der Waals surface area contributed by atoms with Gasteiger partial charge in [-0.1, -0.05) is 29.8 Å². The second-order valence-electron chi connectivity index (χ2n) is 6.16. The molecule has 1 aliphatic carbocycles. The lowest BCUT2D eigenvalue weighted by Gasteiger charge is -2.32. The van der Waals surface area contributed by atoms with Gasteiger partial charge < -0.3 is 10.4 Å². The number of anilines is 1. The number of carboxylic acids is 1. The predicted octanol–water partition coefficient (Wildman–Crippen LogP) is 4.36. The molecule has 2 aromatic rings. The minimum atomic E-state index is -0.894. The van der Waals surface area contributed by atoms with Crippen molar-refractivity contribution in [3.8, 4) is 11.1 Å². The largest absolute Gasteiger partial charge is 0.481 e. The zero-order chi connectivity index (χ0) is 17.3. The zero-order valence-electron chi connectivity index (χ0n) is 13.3. The minimum Gasteiger partial charge on any atom is -0.481 e. The highest BCUT2D eigenvalue weighted by Crippen LogP contribution is 2.36. The lowest BCUT2D eigenvalue weighted by atomic mass is 9.73. The molecule has 0 saturated heterocycles. The topological polar surface area (TPSA) is 66.4 Å². The van der Waals surface area contributed by atoms with Gasteiger partial charge in [0.05, 0.1) is 11.8 Å². The molecule has 2 atom stereocenters. The molecule has 2 N–H and O–H groups in total. The fourth-order valence-corrected chi connectivity index (χ4v) is 3.18. The first-order chi connectivity index (χ1) is 11.5. The van der Waals surface area contributed by atoms with Gasteiger partial charge in [-0.2, -0.15) is 0 Å². The predicted molar refractivity (Wildman–Crippen MR) is 94.1 cm³/mol. The first-order valence-electron chi connectivity index (χ1n) is 7.86. The maximum Gasteiger partial charge on any atom is 0.307 e. The van der Waals surface area contributed by atoms with Gasteiger partial charge in [0.2, 0.25) is 5.91 Å². The third-order valence-corrected chi connectivity index (χ3v) is 4.81. The summed E-state index contributed by atoms with van der Waals surface area (Å²) in [5.41, 5.74) is 3.65. The van der Waals surface area contributed by atoms with E-state index in [0.717, 1.165) is 16.7 Å². The normalized spacial score (nSPS) is 19.4. The van der Waals surface area contributed by atoms with Crippen molar-refractivity contribution >= 4 is 29.2 Å². The summed E-state index contributed by atoms with van der Waals surface area (Å²) in [6, 6.07) is 13.3. The van der Waals surface area contributed by atoms with Gasteiger partial charge in [0.15, 0.2) is 0 Å². The summed E-state index contributed by atoms with van der Waals surface area (Å²) >= 11 is 6.03. The van der Waals surface area contributed by atoms with Gasteiger partial charge in [-0.15, -0.1) is 0 Å². The van der Waals surface area contributed by atoms with Crippen molar-refractivity contribution in [1.29, 1.82) is 0 Å². The van der Waals surface area contributed by atoms with Crippen molar-refractivity contribution in [1.82, 2.24) is 0 Å². The van der Waals surface area contributed by atoms with Gasteiger partial charge >= 0.3 is 5.97 Å². The SMILES string of the molecule is Cc1cc(-c2cccc(Cl)c2)ccc1NC(=O)C1CCC1C(=O)O. The molecule has 24 heavy (non-hydrogen) atoms. The van der Waals surface area contributed by atoms with Gasteiger partial charge in [0, 0.05) is 10.7 Å². The van der Waals surface area contributed by atoms with E-state index in [0.29, 0.717) is 23.6 Å². The minimum absolute atomic E-state index is 0.216. The fraction of sp³-hybridized carbons (Fsp3) is 0.263. The highest BCUT2D eigenvalue weighted by atomic mass is 35.5. The zero-order valence-corrected chi connectivity index (χ0v) is 14.0. The molecule has 0 radical (unpaired) electrons. The molecule has 2 unspecified atom stereocenters. The summed E-state index contributed by atoms with van der Waals surface area (Å²) in [6.07, 6.45) is 1.20. The summed E-state index contributed by atoms with van der Waals surface area (Å²) in [4.78, 5) is 23.3. The molecule has 4 nitrogen and oxygen atoms in total. The molecule has 1 amide bonds. The Bertz CT molecular complexity index is 803. The molecule has 0 spiro atoms. The van der Waals surface area contributed by atoms with Crippen molar-refractivity contribution in [3.05, 3.63) is 53.1 Å². The summed E-state index contributed by atoms with van der Waals surface area (Å²) < 4.78 is 0. The summed E-state index contributed by atoms with van der Waals surface area (Å²) in [5, 5.41) is 12.6. The highest BCUT2D eigenvalue weighted by Gasteiger charge is 2.41. The Morgan fingerprint density at radius 2 is 1.79 bits per heavy atom. The van der Waals surface area contributed by atoms with E-state index in [9.17, 15) is 9.59 Å². The second kappa shape index (κ2) is 6.65. The van der Waals surface area contributed by atoms with Crippen LogP contribution in [0.2, 0.25) is 5.02 Å². The van der Waals surface area contributed by atoms with Crippen LogP contribution >= 0.6 is 11.6 Å². The van der Waals surface area contributed by atoms with Crippen molar-refractivity contribution < 1.29 is 14.7 Å². The molecule has 2 aromatic carbocycles. The maximum absolute atomic E-state index is 12.3. The molecular formula is C19H18ClNO3. The van der Waals surface area contributed by atoms with Crippen molar-refractivity contribution in [2.45, 2.75) is 19.8 Å². The lowest BCUT2D eigenvalue weighted by molar-refractivity contribution is -0.151. The van der Waals surface area contributed by atoms with E-state index >= 15 is 0 Å². The number of nitrogens with one attached hydrogen (secondary N) is 1. The third kappa shape index (κ3) is 3.29. The molecule has 0 heterocycles. The number of carbonyl (C=O) groups is 2. The van der Waals surface area contributed by atoms with Gasteiger partial charge in [0.1, 0.15) is 0 Å². The van der Waals surface area contributed by atoms with Crippen molar-refractivity contribution in [2.75, 3.05) is 5.32 Å². The highest BCUT2D eigenvalue weighted by molar-refractivity contribution is 6.30. The molecule has 0 aromatic heterocycles. The smallest absolute Gasteiger partial charge is 0.307 e. The number of carboxylic acid groups (broad SMARTS) is 1. The summed E-state index contributed by atoms with van der Waals surface area (Å²) in [7, 11) is 0. The third-order valence-electron chi connectivity index (χ3n) is 4.57. The molecule has 1 fully saturated rings. The van der Waals surface area contributed by atoms with Gasteiger partial charge in [-0.25, -0.2) is 0 Å².